The van der Waals surface area contributed by atoms with Crippen molar-refractivity contribution in [2.75, 3.05) is 46.4 Å². The highest BCUT2D eigenvalue weighted by atomic mass is 35.5. The highest BCUT2D eigenvalue weighted by molar-refractivity contribution is 6.30. The molecule has 1 aliphatic rings. The summed E-state index contributed by atoms with van der Waals surface area (Å²) in [5, 5.41) is 13.2. The molecule has 0 aliphatic carbocycles. The first kappa shape index (κ1) is 19.0. The van der Waals surface area contributed by atoms with E-state index in [1.165, 1.54) is 10.5 Å². The molecule has 0 amide bonds. The van der Waals surface area contributed by atoms with Crippen LogP contribution >= 0.6 is 11.6 Å². The molecule has 0 radical (unpaired) electrons. The SMILES string of the molecule is C=CC[NH+]1CC[NH+]([C@@H](c2ccc(Cl)cc2)c2nnnn2CCOC)CC1. The van der Waals surface area contributed by atoms with Crippen molar-refractivity contribution in [1.82, 2.24) is 20.2 Å². The number of halogens is 1. The van der Waals surface area contributed by atoms with E-state index in [-0.39, 0.29) is 6.04 Å². The molecule has 140 valence electrons. The Balaban J connectivity index is 1.87. The Bertz CT molecular complexity index is 696. The second kappa shape index (κ2) is 9.23. The topological polar surface area (TPSA) is 61.7 Å². The van der Waals surface area contributed by atoms with E-state index in [1.807, 2.05) is 22.9 Å². The van der Waals surface area contributed by atoms with Crippen LogP contribution in [0.5, 0.6) is 0 Å². The highest BCUT2D eigenvalue weighted by Gasteiger charge is 2.35. The van der Waals surface area contributed by atoms with Gasteiger partial charge in [0.1, 0.15) is 26.2 Å². The summed E-state index contributed by atoms with van der Waals surface area (Å²) in [6, 6.07) is 8.12. The summed E-state index contributed by atoms with van der Waals surface area (Å²) in [6.45, 7) is 10.5. The number of ether oxygens (including phenoxy) is 1. The van der Waals surface area contributed by atoms with E-state index in [1.54, 1.807) is 12.0 Å². The van der Waals surface area contributed by atoms with Gasteiger partial charge in [-0.3, -0.25) is 0 Å². The van der Waals surface area contributed by atoms with Gasteiger partial charge in [0.15, 0.2) is 6.04 Å². The van der Waals surface area contributed by atoms with Gasteiger partial charge in [-0.1, -0.05) is 30.3 Å². The van der Waals surface area contributed by atoms with Crippen LogP contribution in [0.2, 0.25) is 5.02 Å². The largest absolute Gasteiger partial charge is 0.383 e. The van der Waals surface area contributed by atoms with E-state index < -0.39 is 0 Å². The number of hydrogen-bond donors (Lipinski definition) is 2. The van der Waals surface area contributed by atoms with Gasteiger partial charge in [0.25, 0.3) is 0 Å². The molecule has 7 nitrogen and oxygen atoms in total. The molecular formula is C18H27ClN6O+2. The van der Waals surface area contributed by atoms with E-state index in [0.29, 0.717) is 13.2 Å². The predicted molar refractivity (Wildman–Crippen MR) is 99.4 cm³/mol. The molecule has 1 atom stereocenters. The normalized spacial score (nSPS) is 21.5. The lowest BCUT2D eigenvalue weighted by atomic mass is 10.0. The van der Waals surface area contributed by atoms with Crippen LogP contribution in [0.15, 0.2) is 36.9 Å². The van der Waals surface area contributed by atoms with Gasteiger partial charge in [-0.15, -0.1) is 5.10 Å². The Morgan fingerprint density at radius 3 is 2.65 bits per heavy atom. The average molecular weight is 379 g/mol. The molecule has 1 fully saturated rings. The Hall–Kier alpha value is -1.80. The molecule has 1 aromatic heterocycles. The summed E-state index contributed by atoms with van der Waals surface area (Å²) in [7, 11) is 1.69. The Labute approximate surface area is 159 Å². The molecule has 1 aromatic carbocycles. The molecule has 2 aromatic rings. The standard InChI is InChI=1S/C18H25ClN6O/c1-3-8-23-9-11-24(12-10-23)17(15-4-6-16(19)7-5-15)18-20-21-22-25(18)13-14-26-2/h3-7,17H,1,8-14H2,2H3/p+2/t17-/m0/s1. The predicted octanol–water partition coefficient (Wildman–Crippen LogP) is -0.968. The Kier molecular flexibility index (Phi) is 6.73. The number of piperazine rings is 1. The number of hydrogen-bond acceptors (Lipinski definition) is 4. The summed E-state index contributed by atoms with van der Waals surface area (Å²) in [4.78, 5) is 3.06. The van der Waals surface area contributed by atoms with Crippen LogP contribution in [-0.4, -0.2) is 66.6 Å². The van der Waals surface area contributed by atoms with Crippen LogP contribution in [-0.2, 0) is 11.3 Å². The van der Waals surface area contributed by atoms with Crippen LogP contribution in [0, 0.1) is 0 Å². The lowest BCUT2D eigenvalue weighted by molar-refractivity contribution is -1.02. The van der Waals surface area contributed by atoms with Gasteiger partial charge in [-0.25, -0.2) is 4.68 Å². The van der Waals surface area contributed by atoms with Gasteiger partial charge in [0, 0.05) is 17.7 Å². The number of tetrazole rings is 1. The number of nitrogens with one attached hydrogen (secondary N) is 2. The molecule has 8 heteroatoms. The van der Waals surface area contributed by atoms with Gasteiger partial charge in [-0.05, 0) is 28.6 Å². The molecule has 1 saturated heterocycles. The molecule has 2 N–H and O–H groups in total. The van der Waals surface area contributed by atoms with Crippen LogP contribution < -0.4 is 9.80 Å². The van der Waals surface area contributed by atoms with Crippen LogP contribution in [0.1, 0.15) is 17.4 Å². The van der Waals surface area contributed by atoms with E-state index in [4.69, 9.17) is 16.3 Å². The quantitative estimate of drug-likeness (QED) is 0.580. The van der Waals surface area contributed by atoms with Crippen LogP contribution in [0.25, 0.3) is 0 Å². The van der Waals surface area contributed by atoms with Crippen molar-refractivity contribution in [2.24, 2.45) is 0 Å². The number of rotatable bonds is 8. The summed E-state index contributed by atoms with van der Waals surface area (Å²) < 4.78 is 7.06. The maximum atomic E-state index is 6.10. The van der Waals surface area contributed by atoms with E-state index in [0.717, 1.165) is 43.6 Å². The number of quaternary nitrogens is 2. The van der Waals surface area contributed by atoms with Crippen molar-refractivity contribution in [3.63, 3.8) is 0 Å². The summed E-state index contributed by atoms with van der Waals surface area (Å²) in [5.74, 6) is 0.881. The van der Waals surface area contributed by atoms with Crippen molar-refractivity contribution in [3.05, 3.63) is 53.3 Å². The number of aromatic nitrogens is 4. The van der Waals surface area contributed by atoms with Gasteiger partial charge in [-0.2, -0.15) is 0 Å². The zero-order valence-electron chi connectivity index (χ0n) is 15.2. The summed E-state index contributed by atoms with van der Waals surface area (Å²) >= 11 is 6.10. The number of nitrogens with zero attached hydrogens (tertiary/aromatic N) is 4. The first-order valence-electron chi connectivity index (χ1n) is 9.02. The fourth-order valence-corrected chi connectivity index (χ4v) is 3.73. The van der Waals surface area contributed by atoms with Crippen molar-refractivity contribution in [1.29, 1.82) is 0 Å². The lowest BCUT2D eigenvalue weighted by Crippen LogP contribution is -3.28. The second-order valence-corrected chi connectivity index (χ2v) is 7.08. The minimum absolute atomic E-state index is 0.0874. The monoisotopic (exact) mass is 378 g/mol. The molecule has 0 spiro atoms. The van der Waals surface area contributed by atoms with Gasteiger partial charge in [0.05, 0.1) is 19.7 Å². The zero-order chi connectivity index (χ0) is 18.4. The zero-order valence-corrected chi connectivity index (χ0v) is 16.0. The minimum Gasteiger partial charge on any atom is -0.383 e. The molecule has 26 heavy (non-hydrogen) atoms. The number of methoxy groups -OCH3 is 1. The van der Waals surface area contributed by atoms with Crippen LogP contribution in [0.4, 0.5) is 0 Å². The molecule has 0 unspecified atom stereocenters. The highest BCUT2D eigenvalue weighted by Crippen LogP contribution is 2.19. The Morgan fingerprint density at radius 2 is 2.00 bits per heavy atom. The van der Waals surface area contributed by atoms with Crippen molar-refractivity contribution in [3.8, 4) is 0 Å². The van der Waals surface area contributed by atoms with E-state index >= 15 is 0 Å². The third-order valence-electron chi connectivity index (χ3n) is 4.97. The fourth-order valence-electron chi connectivity index (χ4n) is 3.60. The first-order valence-corrected chi connectivity index (χ1v) is 9.40. The Morgan fingerprint density at radius 1 is 1.27 bits per heavy atom. The van der Waals surface area contributed by atoms with Crippen molar-refractivity contribution >= 4 is 11.6 Å². The fraction of sp³-hybridized carbons (Fsp3) is 0.500. The van der Waals surface area contributed by atoms with Crippen molar-refractivity contribution < 1.29 is 14.5 Å². The molecule has 3 rings (SSSR count). The van der Waals surface area contributed by atoms with E-state index in [9.17, 15) is 0 Å². The minimum atomic E-state index is 0.0874. The van der Waals surface area contributed by atoms with Crippen LogP contribution in [0.3, 0.4) is 0 Å². The molecule has 1 aliphatic heterocycles. The lowest BCUT2D eigenvalue weighted by Gasteiger charge is -2.33. The van der Waals surface area contributed by atoms with E-state index in [2.05, 4.69) is 34.2 Å². The first-order chi connectivity index (χ1) is 12.7. The van der Waals surface area contributed by atoms with Crippen molar-refractivity contribution in [2.45, 2.75) is 12.6 Å². The maximum Gasteiger partial charge on any atom is 0.214 e. The molecular weight excluding hydrogens is 352 g/mol. The average Bonchev–Trinajstić information content (AvgIpc) is 3.11. The molecule has 0 saturated carbocycles. The van der Waals surface area contributed by atoms with Gasteiger partial charge in [0.2, 0.25) is 5.82 Å². The molecule has 2 heterocycles. The third-order valence-corrected chi connectivity index (χ3v) is 5.22. The van der Waals surface area contributed by atoms with Gasteiger partial charge >= 0.3 is 0 Å². The molecule has 0 bridgehead atoms. The maximum absolute atomic E-state index is 6.10. The summed E-state index contributed by atoms with van der Waals surface area (Å²) in [5.41, 5.74) is 1.19. The van der Waals surface area contributed by atoms with Gasteiger partial charge < -0.3 is 14.5 Å². The summed E-state index contributed by atoms with van der Waals surface area (Å²) in [6.07, 6.45) is 2.00. The number of benzene rings is 1. The smallest absolute Gasteiger partial charge is 0.214 e. The third kappa shape index (κ3) is 4.48. The second-order valence-electron chi connectivity index (χ2n) is 6.64.